The van der Waals surface area contributed by atoms with Crippen LogP contribution in [0, 0.1) is 0 Å². The predicted octanol–water partition coefficient (Wildman–Crippen LogP) is 5.98. The minimum atomic E-state index is 0.573. The van der Waals surface area contributed by atoms with Gasteiger partial charge in [-0.25, -0.2) is 0 Å². The topological polar surface area (TPSA) is 9.23 Å². The molecule has 0 saturated carbocycles. The molecule has 0 spiro atoms. The summed E-state index contributed by atoms with van der Waals surface area (Å²) in [5.41, 5.74) is 0. The summed E-state index contributed by atoms with van der Waals surface area (Å²) in [4.78, 5) is 0. The van der Waals surface area contributed by atoms with Crippen LogP contribution >= 0.6 is 23.2 Å². The van der Waals surface area contributed by atoms with Crippen molar-refractivity contribution < 1.29 is 4.74 Å². The van der Waals surface area contributed by atoms with Gasteiger partial charge in [-0.2, -0.15) is 0 Å². The van der Waals surface area contributed by atoms with Gasteiger partial charge in [0.25, 0.3) is 0 Å². The maximum atomic E-state index is 5.90. The third kappa shape index (κ3) is 8.34. The van der Waals surface area contributed by atoms with Crippen molar-refractivity contribution in [2.45, 2.75) is 46.5 Å². The first kappa shape index (κ1) is 16.6. The van der Waals surface area contributed by atoms with E-state index in [-0.39, 0.29) is 0 Å². The molecule has 0 atom stereocenters. The largest absolute Gasteiger partial charge is 0.492 e. The van der Waals surface area contributed by atoms with E-state index in [0.29, 0.717) is 22.4 Å². The van der Waals surface area contributed by atoms with Gasteiger partial charge < -0.3 is 4.74 Å². The van der Waals surface area contributed by atoms with Gasteiger partial charge >= 0.3 is 0 Å². The summed E-state index contributed by atoms with van der Waals surface area (Å²) < 4.78 is 5.44. The molecule has 1 nitrogen and oxygen atoms in total. The van der Waals surface area contributed by atoms with E-state index < -0.39 is 0 Å². The van der Waals surface area contributed by atoms with Crippen molar-refractivity contribution in [1.82, 2.24) is 0 Å². The second kappa shape index (κ2) is 10.7. The van der Waals surface area contributed by atoms with E-state index in [9.17, 15) is 0 Å². The Morgan fingerprint density at radius 3 is 2.12 bits per heavy atom. The molecule has 3 heteroatoms. The molecule has 0 aliphatic heterocycles. The van der Waals surface area contributed by atoms with Gasteiger partial charge in [0.15, 0.2) is 0 Å². The van der Waals surface area contributed by atoms with Crippen molar-refractivity contribution in [2.75, 3.05) is 6.61 Å². The van der Waals surface area contributed by atoms with Crippen LogP contribution in [-0.4, -0.2) is 6.61 Å². The molecule has 0 aliphatic rings. The smallest absolute Gasteiger partial charge is 0.137 e. The lowest BCUT2D eigenvalue weighted by atomic mass is 10.3. The molecular weight excluding hydrogens is 255 g/mol. The molecule has 0 aliphatic carbocycles. The number of benzene rings is 1. The summed E-state index contributed by atoms with van der Waals surface area (Å²) in [7, 11) is 0. The zero-order valence-corrected chi connectivity index (χ0v) is 12.4. The van der Waals surface area contributed by atoms with Gasteiger partial charge in [0.1, 0.15) is 5.75 Å². The Hall–Kier alpha value is -0.400. The molecule has 0 fully saturated rings. The van der Waals surface area contributed by atoms with E-state index in [2.05, 4.69) is 20.8 Å². The molecule has 1 aromatic rings. The first-order valence-electron chi connectivity index (χ1n) is 6.23. The highest BCUT2D eigenvalue weighted by Gasteiger charge is 2.00. The van der Waals surface area contributed by atoms with Crippen molar-refractivity contribution in [3.8, 4) is 5.75 Å². The van der Waals surface area contributed by atoms with Gasteiger partial charge in [-0.15, -0.1) is 0 Å². The van der Waals surface area contributed by atoms with Gasteiger partial charge in [-0.05, 0) is 24.6 Å². The van der Waals surface area contributed by atoms with Crippen LogP contribution < -0.4 is 4.74 Å². The summed E-state index contributed by atoms with van der Waals surface area (Å²) in [5, 5.41) is 1.21. The van der Waals surface area contributed by atoms with E-state index in [1.54, 1.807) is 18.2 Å². The second-order valence-corrected chi connectivity index (χ2v) is 4.62. The molecule has 0 amide bonds. The summed E-state index contributed by atoms with van der Waals surface area (Å²) in [6, 6.07) is 5.25. The molecule has 0 N–H and O–H groups in total. The number of halogens is 2. The fourth-order valence-corrected chi connectivity index (χ4v) is 1.38. The van der Waals surface area contributed by atoms with Crippen molar-refractivity contribution in [3.63, 3.8) is 0 Å². The van der Waals surface area contributed by atoms with Crippen molar-refractivity contribution in [1.29, 1.82) is 0 Å². The maximum absolute atomic E-state index is 5.90. The highest BCUT2D eigenvalue weighted by molar-refractivity contribution is 6.35. The zero-order valence-electron chi connectivity index (χ0n) is 10.9. The molecule has 17 heavy (non-hydrogen) atoms. The number of unbranched alkanes of at least 4 members (excludes halogenated alkanes) is 2. The quantitative estimate of drug-likeness (QED) is 0.601. The fourth-order valence-electron chi connectivity index (χ4n) is 0.919. The van der Waals surface area contributed by atoms with Crippen LogP contribution in [-0.2, 0) is 0 Å². The van der Waals surface area contributed by atoms with Crippen molar-refractivity contribution >= 4 is 23.2 Å². The second-order valence-electron chi connectivity index (χ2n) is 3.78. The zero-order chi connectivity index (χ0) is 13.1. The maximum Gasteiger partial charge on any atom is 0.137 e. The highest BCUT2D eigenvalue weighted by Crippen LogP contribution is 2.27. The van der Waals surface area contributed by atoms with Crippen LogP contribution in [0.5, 0.6) is 5.75 Å². The Balaban J connectivity index is 0.000000557. The van der Waals surface area contributed by atoms with Gasteiger partial charge in [0.05, 0.1) is 11.6 Å². The Morgan fingerprint density at radius 1 is 1.00 bits per heavy atom. The van der Waals surface area contributed by atoms with Gasteiger partial charge in [-0.1, -0.05) is 63.2 Å². The lowest BCUT2D eigenvalue weighted by Crippen LogP contribution is -1.96. The van der Waals surface area contributed by atoms with E-state index in [1.165, 1.54) is 12.8 Å². The molecule has 0 unspecified atom stereocenters. The summed E-state index contributed by atoms with van der Waals surface area (Å²) in [6.07, 6.45) is 4.80. The minimum absolute atomic E-state index is 0.573. The Kier molecular flexibility index (Phi) is 10.5. The van der Waals surface area contributed by atoms with E-state index >= 15 is 0 Å². The number of ether oxygens (including phenoxy) is 1. The lowest BCUT2D eigenvalue weighted by molar-refractivity contribution is 0.309. The first-order chi connectivity index (χ1) is 8.15. The van der Waals surface area contributed by atoms with Crippen LogP contribution in [0.3, 0.4) is 0 Å². The normalized spacial score (nSPS) is 9.47. The van der Waals surface area contributed by atoms with Crippen LogP contribution in [0.4, 0.5) is 0 Å². The standard InChI is InChI=1S/C10H12Cl2O.C4H10/c1-2-3-6-13-10-5-4-8(11)7-9(10)12;1-3-4-2/h4-5,7H,2-3,6H2,1H3;3-4H2,1-2H3. The molecule has 0 aromatic heterocycles. The van der Waals surface area contributed by atoms with Crippen LogP contribution in [0.1, 0.15) is 46.5 Å². The van der Waals surface area contributed by atoms with E-state index in [1.807, 2.05) is 0 Å². The number of hydrogen-bond acceptors (Lipinski definition) is 1. The molecule has 0 bridgehead atoms. The third-order valence-electron chi connectivity index (χ3n) is 2.15. The van der Waals surface area contributed by atoms with Gasteiger partial charge in [0, 0.05) is 5.02 Å². The van der Waals surface area contributed by atoms with Gasteiger partial charge in [0.2, 0.25) is 0 Å². The van der Waals surface area contributed by atoms with E-state index in [0.717, 1.165) is 12.8 Å². The van der Waals surface area contributed by atoms with Crippen LogP contribution in [0.25, 0.3) is 0 Å². The first-order valence-corrected chi connectivity index (χ1v) is 6.99. The minimum Gasteiger partial charge on any atom is -0.492 e. The monoisotopic (exact) mass is 276 g/mol. The molecule has 98 valence electrons. The lowest BCUT2D eigenvalue weighted by Gasteiger charge is -2.06. The SMILES string of the molecule is CCCC.CCCCOc1ccc(Cl)cc1Cl. The van der Waals surface area contributed by atoms with Gasteiger partial charge in [-0.3, -0.25) is 0 Å². The molecule has 0 saturated heterocycles. The molecule has 0 heterocycles. The average molecular weight is 277 g/mol. The Morgan fingerprint density at radius 2 is 1.65 bits per heavy atom. The Bertz CT molecular complexity index is 298. The van der Waals surface area contributed by atoms with Crippen molar-refractivity contribution in [2.24, 2.45) is 0 Å². The third-order valence-corrected chi connectivity index (χ3v) is 2.68. The van der Waals surface area contributed by atoms with Crippen LogP contribution in [0.15, 0.2) is 18.2 Å². The summed E-state index contributed by atoms with van der Waals surface area (Å²) in [6.45, 7) is 7.19. The molecule has 1 rings (SSSR count). The number of rotatable bonds is 5. The average Bonchev–Trinajstić information content (AvgIpc) is 2.32. The van der Waals surface area contributed by atoms with Crippen LogP contribution in [0.2, 0.25) is 10.0 Å². The Labute approximate surface area is 115 Å². The predicted molar refractivity (Wildman–Crippen MR) is 77.4 cm³/mol. The fraction of sp³-hybridized carbons (Fsp3) is 0.571. The molecular formula is C14H22Cl2O. The molecule has 1 aromatic carbocycles. The van der Waals surface area contributed by atoms with E-state index in [4.69, 9.17) is 27.9 Å². The van der Waals surface area contributed by atoms with Crippen molar-refractivity contribution in [3.05, 3.63) is 28.2 Å². The summed E-state index contributed by atoms with van der Waals surface area (Å²) in [5.74, 6) is 0.708. The highest BCUT2D eigenvalue weighted by atomic mass is 35.5. The summed E-state index contributed by atoms with van der Waals surface area (Å²) >= 11 is 11.6. The number of hydrogen-bond donors (Lipinski definition) is 0. The molecule has 0 radical (unpaired) electrons.